The Morgan fingerprint density at radius 3 is 2.72 bits per heavy atom. The van der Waals surface area contributed by atoms with Gasteiger partial charge in [-0.2, -0.15) is 0 Å². The first kappa shape index (κ1) is 19.9. The number of benzene rings is 1. The summed E-state index contributed by atoms with van der Waals surface area (Å²) in [6.45, 7) is 1.97. The minimum atomic E-state index is -0.0437. The number of hydrogen-bond acceptors (Lipinski definition) is 5. The molecular formula is C24H30N2O3. The van der Waals surface area contributed by atoms with Gasteiger partial charge in [-0.3, -0.25) is 4.90 Å². The number of fused-ring (bicyclic) bond motifs is 1. The molecule has 3 atom stereocenters. The van der Waals surface area contributed by atoms with E-state index in [0.29, 0.717) is 11.9 Å². The molecule has 1 saturated heterocycles. The van der Waals surface area contributed by atoms with Crippen LogP contribution in [0.3, 0.4) is 0 Å². The molecule has 1 aliphatic heterocycles. The molecule has 1 saturated carbocycles. The lowest BCUT2D eigenvalue weighted by molar-refractivity contribution is -0.0818. The number of pyridine rings is 1. The van der Waals surface area contributed by atoms with E-state index in [1.165, 1.54) is 5.56 Å². The van der Waals surface area contributed by atoms with Crippen LogP contribution in [0.15, 0.2) is 54.7 Å². The summed E-state index contributed by atoms with van der Waals surface area (Å²) in [6, 6.07) is 14.3. The lowest BCUT2D eigenvalue weighted by atomic mass is 9.79. The number of hydrogen-bond donors (Lipinski definition) is 0. The Labute approximate surface area is 173 Å². The first-order valence-electron chi connectivity index (χ1n) is 10.4. The van der Waals surface area contributed by atoms with Crippen molar-refractivity contribution in [3.8, 4) is 11.6 Å². The summed E-state index contributed by atoms with van der Waals surface area (Å²) < 4.78 is 17.5. The fourth-order valence-electron chi connectivity index (χ4n) is 4.71. The van der Waals surface area contributed by atoms with E-state index in [1.807, 2.05) is 37.4 Å². The van der Waals surface area contributed by atoms with Gasteiger partial charge in [-0.15, -0.1) is 0 Å². The normalized spacial score (nSPS) is 27.1. The molecule has 29 heavy (non-hydrogen) atoms. The quantitative estimate of drug-likeness (QED) is 0.704. The third-order valence-corrected chi connectivity index (χ3v) is 6.34. The molecule has 2 fully saturated rings. The van der Waals surface area contributed by atoms with Crippen molar-refractivity contribution in [2.24, 2.45) is 0 Å². The Bertz CT molecular complexity index is 809. The maximum atomic E-state index is 6.17. The summed E-state index contributed by atoms with van der Waals surface area (Å²) in [5, 5.41) is 0. The molecule has 2 aliphatic rings. The second kappa shape index (κ2) is 8.97. The molecule has 0 amide bonds. The number of ether oxygens (including phenoxy) is 3. The lowest BCUT2D eigenvalue weighted by Crippen LogP contribution is -2.52. The van der Waals surface area contributed by atoms with Crippen LogP contribution in [0.25, 0.3) is 6.08 Å². The van der Waals surface area contributed by atoms with Crippen LogP contribution in [0.4, 0.5) is 0 Å². The monoisotopic (exact) mass is 394 g/mol. The zero-order chi connectivity index (χ0) is 20.1. The van der Waals surface area contributed by atoms with E-state index in [2.05, 4.69) is 34.2 Å². The van der Waals surface area contributed by atoms with Crippen molar-refractivity contribution in [3.05, 3.63) is 60.3 Å². The number of likely N-dealkylation sites (tertiary alicyclic amines) is 1. The van der Waals surface area contributed by atoms with Crippen LogP contribution in [0.1, 0.15) is 31.2 Å². The van der Waals surface area contributed by atoms with Gasteiger partial charge < -0.3 is 14.2 Å². The average molecular weight is 395 g/mol. The van der Waals surface area contributed by atoms with E-state index in [1.54, 1.807) is 13.3 Å². The fraction of sp³-hybridized carbons (Fsp3) is 0.458. The van der Waals surface area contributed by atoms with Gasteiger partial charge in [0.1, 0.15) is 11.9 Å². The highest BCUT2D eigenvalue weighted by molar-refractivity contribution is 5.50. The molecule has 2 heterocycles. The molecular weight excluding hydrogens is 364 g/mol. The molecule has 0 spiro atoms. The molecule has 2 aromatic rings. The summed E-state index contributed by atoms with van der Waals surface area (Å²) in [6.07, 6.45) is 10.5. The molecule has 1 aliphatic carbocycles. The number of methoxy groups -OCH3 is 2. The summed E-state index contributed by atoms with van der Waals surface area (Å²) in [7, 11) is 3.55. The van der Waals surface area contributed by atoms with Gasteiger partial charge in [0.2, 0.25) is 5.88 Å². The predicted molar refractivity (Wildman–Crippen MR) is 114 cm³/mol. The van der Waals surface area contributed by atoms with E-state index >= 15 is 0 Å². The van der Waals surface area contributed by atoms with Crippen LogP contribution in [-0.2, 0) is 4.74 Å². The van der Waals surface area contributed by atoms with E-state index in [0.717, 1.165) is 44.5 Å². The summed E-state index contributed by atoms with van der Waals surface area (Å²) >= 11 is 0. The number of nitrogens with zero attached hydrogens (tertiary/aromatic N) is 2. The maximum absolute atomic E-state index is 6.17. The van der Waals surface area contributed by atoms with Crippen molar-refractivity contribution in [2.45, 2.75) is 43.4 Å². The van der Waals surface area contributed by atoms with Crippen molar-refractivity contribution in [3.63, 3.8) is 0 Å². The Balaban J connectivity index is 1.40. The SMILES string of the molecule is COc1ccc(C=CCN2CCC3(OC)CCC(Oc4ccccn4)CC23)cc1. The van der Waals surface area contributed by atoms with E-state index < -0.39 is 0 Å². The van der Waals surface area contributed by atoms with Crippen LogP contribution in [0, 0.1) is 0 Å². The second-order valence-corrected chi connectivity index (χ2v) is 7.89. The molecule has 1 aromatic heterocycles. The predicted octanol–water partition coefficient (Wildman–Crippen LogP) is 4.19. The first-order chi connectivity index (χ1) is 14.2. The van der Waals surface area contributed by atoms with Crippen LogP contribution < -0.4 is 9.47 Å². The van der Waals surface area contributed by atoms with Gasteiger partial charge in [0.05, 0.1) is 12.7 Å². The second-order valence-electron chi connectivity index (χ2n) is 7.89. The molecule has 4 rings (SSSR count). The van der Waals surface area contributed by atoms with E-state index in [9.17, 15) is 0 Å². The van der Waals surface area contributed by atoms with E-state index in [4.69, 9.17) is 14.2 Å². The van der Waals surface area contributed by atoms with Gasteiger partial charge in [0, 0.05) is 44.9 Å². The topological polar surface area (TPSA) is 43.8 Å². The maximum Gasteiger partial charge on any atom is 0.213 e. The van der Waals surface area contributed by atoms with Crippen LogP contribution in [0.5, 0.6) is 11.6 Å². The Hall–Kier alpha value is -2.37. The van der Waals surface area contributed by atoms with Gasteiger partial charge >= 0.3 is 0 Å². The van der Waals surface area contributed by atoms with Crippen molar-refractivity contribution in [1.82, 2.24) is 9.88 Å². The smallest absolute Gasteiger partial charge is 0.213 e. The van der Waals surface area contributed by atoms with E-state index in [-0.39, 0.29) is 11.7 Å². The minimum absolute atomic E-state index is 0.0437. The highest BCUT2D eigenvalue weighted by Crippen LogP contribution is 2.43. The van der Waals surface area contributed by atoms with Gasteiger partial charge in [-0.25, -0.2) is 4.98 Å². The summed E-state index contributed by atoms with van der Waals surface area (Å²) in [5.74, 6) is 1.60. The molecule has 5 heteroatoms. The average Bonchev–Trinajstić information content (AvgIpc) is 3.13. The van der Waals surface area contributed by atoms with Crippen molar-refractivity contribution >= 4 is 6.08 Å². The van der Waals surface area contributed by atoms with Gasteiger partial charge in [-0.05, 0) is 43.0 Å². The third kappa shape index (κ3) is 4.46. The molecule has 154 valence electrons. The molecule has 1 aromatic carbocycles. The number of aromatic nitrogens is 1. The van der Waals surface area contributed by atoms with Crippen molar-refractivity contribution in [1.29, 1.82) is 0 Å². The first-order valence-corrected chi connectivity index (χ1v) is 10.4. The van der Waals surface area contributed by atoms with Crippen LogP contribution in [-0.4, -0.2) is 54.9 Å². The fourth-order valence-corrected chi connectivity index (χ4v) is 4.71. The Kier molecular flexibility index (Phi) is 6.16. The van der Waals surface area contributed by atoms with Crippen LogP contribution in [0.2, 0.25) is 0 Å². The number of rotatable bonds is 7. The standard InChI is InChI=1S/C24H30N2O3/c1-27-20-10-8-19(9-11-20)6-5-16-26-17-14-24(28-2)13-12-21(18-22(24)26)29-23-7-3-4-15-25-23/h3-11,15,21-22H,12-14,16-18H2,1-2H3. The summed E-state index contributed by atoms with van der Waals surface area (Å²) in [4.78, 5) is 6.86. The van der Waals surface area contributed by atoms with Gasteiger partial charge in [-0.1, -0.05) is 30.4 Å². The highest BCUT2D eigenvalue weighted by atomic mass is 16.5. The molecule has 3 unspecified atom stereocenters. The van der Waals surface area contributed by atoms with Crippen molar-refractivity contribution < 1.29 is 14.2 Å². The molecule has 0 bridgehead atoms. The highest BCUT2D eigenvalue weighted by Gasteiger charge is 2.51. The van der Waals surface area contributed by atoms with Gasteiger partial charge in [0.15, 0.2) is 0 Å². The largest absolute Gasteiger partial charge is 0.497 e. The van der Waals surface area contributed by atoms with Crippen molar-refractivity contribution in [2.75, 3.05) is 27.3 Å². The zero-order valence-electron chi connectivity index (χ0n) is 17.3. The van der Waals surface area contributed by atoms with Gasteiger partial charge in [0.25, 0.3) is 0 Å². The molecule has 0 N–H and O–H groups in total. The lowest BCUT2D eigenvalue weighted by Gasteiger charge is -2.43. The zero-order valence-corrected chi connectivity index (χ0v) is 17.3. The third-order valence-electron chi connectivity index (χ3n) is 6.34. The Morgan fingerprint density at radius 1 is 1.14 bits per heavy atom. The van der Waals surface area contributed by atoms with Crippen LogP contribution >= 0.6 is 0 Å². The molecule has 5 nitrogen and oxygen atoms in total. The minimum Gasteiger partial charge on any atom is -0.497 e. The summed E-state index contributed by atoms with van der Waals surface area (Å²) in [5.41, 5.74) is 1.14. The molecule has 0 radical (unpaired) electrons. The Morgan fingerprint density at radius 2 is 2.00 bits per heavy atom.